The van der Waals surface area contributed by atoms with Crippen LogP contribution in [0.2, 0.25) is 0 Å². The van der Waals surface area contributed by atoms with Gasteiger partial charge in [0.1, 0.15) is 0 Å². The van der Waals surface area contributed by atoms with Crippen molar-refractivity contribution in [3.05, 3.63) is 11.8 Å². The lowest BCUT2D eigenvalue weighted by molar-refractivity contribution is 1.16. The minimum atomic E-state index is 0.404. The molecule has 0 atom stereocenters. The first kappa shape index (κ1) is 12.6. The van der Waals surface area contributed by atoms with Gasteiger partial charge >= 0.3 is 0 Å². The number of nitriles is 1. The SMILES string of the molecule is CC.CC=N/C(=C\C)CC#N. The van der Waals surface area contributed by atoms with Crippen LogP contribution in [-0.4, -0.2) is 6.21 Å². The van der Waals surface area contributed by atoms with Crippen molar-refractivity contribution in [1.82, 2.24) is 0 Å². The van der Waals surface area contributed by atoms with E-state index in [9.17, 15) is 0 Å². The van der Waals surface area contributed by atoms with Crippen molar-refractivity contribution in [3.63, 3.8) is 0 Å². The Morgan fingerprint density at radius 1 is 1.45 bits per heavy atom. The van der Waals surface area contributed by atoms with E-state index in [0.717, 1.165) is 5.70 Å². The van der Waals surface area contributed by atoms with Gasteiger partial charge in [0.25, 0.3) is 0 Å². The summed E-state index contributed by atoms with van der Waals surface area (Å²) in [5.74, 6) is 0. The molecule has 0 aliphatic rings. The molecule has 0 aliphatic heterocycles. The zero-order chi connectivity index (χ0) is 9.11. The maximum Gasteiger partial charge on any atom is 0.0771 e. The molecule has 0 aromatic heterocycles. The number of rotatable bonds is 2. The van der Waals surface area contributed by atoms with E-state index in [2.05, 4.69) is 4.99 Å². The van der Waals surface area contributed by atoms with Crippen LogP contribution in [0, 0.1) is 11.3 Å². The fraction of sp³-hybridized carbons (Fsp3) is 0.556. The molecule has 0 spiro atoms. The molecule has 0 N–H and O–H groups in total. The molecule has 0 aromatic carbocycles. The van der Waals surface area contributed by atoms with Crippen molar-refractivity contribution in [1.29, 1.82) is 5.26 Å². The normalized spacial score (nSPS) is 10.3. The molecule has 0 aromatic rings. The van der Waals surface area contributed by atoms with Crippen molar-refractivity contribution in [3.8, 4) is 6.07 Å². The first-order valence-corrected chi connectivity index (χ1v) is 3.86. The molecule has 0 unspecified atom stereocenters. The summed E-state index contributed by atoms with van der Waals surface area (Å²) in [6, 6.07) is 2.02. The zero-order valence-electron chi connectivity index (χ0n) is 7.76. The second kappa shape index (κ2) is 11.7. The Morgan fingerprint density at radius 2 is 2.00 bits per heavy atom. The van der Waals surface area contributed by atoms with Crippen LogP contribution in [0.5, 0.6) is 0 Å². The van der Waals surface area contributed by atoms with Crippen LogP contribution in [0.1, 0.15) is 34.1 Å². The lowest BCUT2D eigenvalue weighted by Gasteiger charge is -1.88. The Balaban J connectivity index is 0. The van der Waals surface area contributed by atoms with Crippen LogP contribution in [0.15, 0.2) is 16.8 Å². The van der Waals surface area contributed by atoms with E-state index < -0.39 is 0 Å². The van der Waals surface area contributed by atoms with E-state index >= 15 is 0 Å². The van der Waals surface area contributed by atoms with Gasteiger partial charge in [-0.05, 0) is 13.8 Å². The molecule has 0 aliphatic carbocycles. The van der Waals surface area contributed by atoms with Crippen LogP contribution >= 0.6 is 0 Å². The van der Waals surface area contributed by atoms with Crippen LogP contribution in [-0.2, 0) is 0 Å². The first-order valence-electron chi connectivity index (χ1n) is 3.86. The van der Waals surface area contributed by atoms with E-state index in [1.807, 2.05) is 39.8 Å². The van der Waals surface area contributed by atoms with E-state index in [4.69, 9.17) is 5.26 Å². The van der Waals surface area contributed by atoms with Crippen molar-refractivity contribution in [2.45, 2.75) is 34.1 Å². The number of nitrogens with zero attached hydrogens (tertiary/aromatic N) is 2. The number of aliphatic imine (C=N–C) groups is 1. The fourth-order valence-electron chi connectivity index (χ4n) is 0.469. The highest BCUT2D eigenvalue weighted by Gasteiger charge is 1.85. The Hall–Kier alpha value is -1.10. The quantitative estimate of drug-likeness (QED) is 0.560. The summed E-state index contributed by atoms with van der Waals surface area (Å²) in [7, 11) is 0. The standard InChI is InChI=1S/C7H10N2.C2H6/c1-3-7(5-6-8)9-4-2;1-2/h3-4H,5H2,1-2H3;1-2H3/b7-3-,9-4?;. The van der Waals surface area contributed by atoms with Crippen LogP contribution in [0.3, 0.4) is 0 Å². The van der Waals surface area contributed by atoms with Gasteiger partial charge in [-0.2, -0.15) is 5.26 Å². The summed E-state index contributed by atoms with van der Waals surface area (Å²) < 4.78 is 0. The van der Waals surface area contributed by atoms with E-state index in [1.54, 1.807) is 6.21 Å². The summed E-state index contributed by atoms with van der Waals surface area (Å²) in [6.07, 6.45) is 3.93. The zero-order valence-corrected chi connectivity index (χ0v) is 7.76. The average molecular weight is 152 g/mol. The number of hydrogen-bond acceptors (Lipinski definition) is 2. The molecule has 0 radical (unpaired) electrons. The van der Waals surface area contributed by atoms with Crippen molar-refractivity contribution >= 4 is 6.21 Å². The minimum absolute atomic E-state index is 0.404. The topological polar surface area (TPSA) is 36.1 Å². The van der Waals surface area contributed by atoms with Gasteiger partial charge in [-0.3, -0.25) is 4.99 Å². The van der Waals surface area contributed by atoms with Gasteiger partial charge < -0.3 is 0 Å². The van der Waals surface area contributed by atoms with Crippen molar-refractivity contribution < 1.29 is 0 Å². The third kappa shape index (κ3) is 8.90. The van der Waals surface area contributed by atoms with E-state index in [0.29, 0.717) is 6.42 Å². The molecular weight excluding hydrogens is 136 g/mol. The minimum Gasteiger partial charge on any atom is -0.265 e. The Morgan fingerprint density at radius 3 is 2.27 bits per heavy atom. The Labute approximate surface area is 69.3 Å². The van der Waals surface area contributed by atoms with Gasteiger partial charge in [0.2, 0.25) is 0 Å². The van der Waals surface area contributed by atoms with Crippen molar-refractivity contribution in [2.24, 2.45) is 4.99 Å². The summed E-state index contributed by atoms with van der Waals surface area (Å²) in [5, 5.41) is 8.23. The maximum atomic E-state index is 8.23. The molecule has 0 rings (SSSR count). The van der Waals surface area contributed by atoms with Crippen LogP contribution in [0.25, 0.3) is 0 Å². The highest BCUT2D eigenvalue weighted by Crippen LogP contribution is 1.99. The van der Waals surface area contributed by atoms with Gasteiger partial charge in [-0.25, -0.2) is 0 Å². The van der Waals surface area contributed by atoms with E-state index in [-0.39, 0.29) is 0 Å². The number of allylic oxidation sites excluding steroid dienone is 2. The summed E-state index contributed by atoms with van der Waals surface area (Å²) in [6.45, 7) is 7.71. The van der Waals surface area contributed by atoms with Gasteiger partial charge in [-0.15, -0.1) is 0 Å². The largest absolute Gasteiger partial charge is 0.265 e. The van der Waals surface area contributed by atoms with E-state index in [1.165, 1.54) is 0 Å². The predicted octanol–water partition coefficient (Wildman–Crippen LogP) is 2.92. The van der Waals surface area contributed by atoms with Gasteiger partial charge in [0.05, 0.1) is 12.5 Å². The molecule has 0 heterocycles. The third-order valence-electron chi connectivity index (χ3n) is 0.888. The average Bonchev–Trinajstić information content (AvgIpc) is 2.08. The van der Waals surface area contributed by atoms with Crippen molar-refractivity contribution in [2.75, 3.05) is 0 Å². The third-order valence-corrected chi connectivity index (χ3v) is 0.888. The molecule has 2 nitrogen and oxygen atoms in total. The summed E-state index contributed by atoms with van der Waals surface area (Å²) in [5.41, 5.74) is 0.833. The molecule has 0 fully saturated rings. The molecule has 11 heavy (non-hydrogen) atoms. The molecule has 62 valence electrons. The lowest BCUT2D eigenvalue weighted by atomic mass is 10.3. The smallest absolute Gasteiger partial charge is 0.0771 e. The van der Waals surface area contributed by atoms with Crippen LogP contribution in [0.4, 0.5) is 0 Å². The van der Waals surface area contributed by atoms with Gasteiger partial charge in [0.15, 0.2) is 0 Å². The molecule has 0 saturated carbocycles. The second-order valence-electron chi connectivity index (χ2n) is 1.50. The summed E-state index contributed by atoms with van der Waals surface area (Å²) >= 11 is 0. The second-order valence-corrected chi connectivity index (χ2v) is 1.50. The predicted molar refractivity (Wildman–Crippen MR) is 49.5 cm³/mol. The molecule has 2 heteroatoms. The molecule has 0 bridgehead atoms. The fourth-order valence-corrected chi connectivity index (χ4v) is 0.469. The van der Waals surface area contributed by atoms with Gasteiger partial charge in [-0.1, -0.05) is 19.9 Å². The lowest BCUT2D eigenvalue weighted by Crippen LogP contribution is -1.74. The highest BCUT2D eigenvalue weighted by molar-refractivity contribution is 5.55. The van der Waals surface area contributed by atoms with Crippen LogP contribution < -0.4 is 0 Å². The number of hydrogen-bond donors (Lipinski definition) is 0. The molecular formula is C9H16N2. The maximum absolute atomic E-state index is 8.23. The first-order chi connectivity index (χ1) is 5.35. The Kier molecular flexibility index (Phi) is 13.3. The Bertz CT molecular complexity index is 161. The summed E-state index contributed by atoms with van der Waals surface area (Å²) in [4.78, 5) is 3.95. The molecule has 0 amide bonds. The highest BCUT2D eigenvalue weighted by atomic mass is 14.7. The molecule has 0 saturated heterocycles. The monoisotopic (exact) mass is 152 g/mol. The van der Waals surface area contributed by atoms with Gasteiger partial charge in [0, 0.05) is 11.9 Å².